The smallest absolute Gasteiger partial charge is 0.224 e. The van der Waals surface area contributed by atoms with Crippen LogP contribution in [0.25, 0.3) is 0 Å². The average molecular weight is 291 g/mol. The zero-order chi connectivity index (χ0) is 15.1. The van der Waals surface area contributed by atoms with Gasteiger partial charge in [0.25, 0.3) is 0 Å². The van der Waals surface area contributed by atoms with Gasteiger partial charge in [0.15, 0.2) is 0 Å². The predicted molar refractivity (Wildman–Crippen MR) is 84.2 cm³/mol. The fraction of sp³-hybridized carbons (Fsp3) is 0.562. The fourth-order valence-corrected chi connectivity index (χ4v) is 2.39. The molecule has 2 rings (SSSR count). The molecule has 116 valence electrons. The molecule has 0 bridgehead atoms. The summed E-state index contributed by atoms with van der Waals surface area (Å²) in [4.78, 5) is 14.2. The first-order valence-electron chi connectivity index (χ1n) is 7.58. The summed E-state index contributed by atoms with van der Waals surface area (Å²) in [6.07, 6.45) is 1.20. The molecular formula is C16H25N3O2. The number of rotatable bonds is 6. The van der Waals surface area contributed by atoms with Gasteiger partial charge in [-0.3, -0.25) is 9.69 Å². The first-order chi connectivity index (χ1) is 10.2. The van der Waals surface area contributed by atoms with Crippen LogP contribution >= 0.6 is 0 Å². The fourth-order valence-electron chi connectivity index (χ4n) is 2.39. The van der Waals surface area contributed by atoms with Crippen LogP contribution in [0, 0.1) is 6.92 Å². The number of nitrogens with zero attached hydrogens (tertiary/aromatic N) is 1. The lowest BCUT2D eigenvalue weighted by Gasteiger charge is -2.26. The summed E-state index contributed by atoms with van der Waals surface area (Å²) < 4.78 is 5.36. The van der Waals surface area contributed by atoms with E-state index in [9.17, 15) is 4.79 Å². The molecular weight excluding hydrogens is 266 g/mol. The van der Waals surface area contributed by atoms with Crippen LogP contribution < -0.4 is 11.1 Å². The van der Waals surface area contributed by atoms with Gasteiger partial charge in [0.05, 0.1) is 13.2 Å². The molecule has 0 saturated carbocycles. The summed E-state index contributed by atoms with van der Waals surface area (Å²) in [5.41, 5.74) is 8.64. The van der Waals surface area contributed by atoms with Crippen molar-refractivity contribution in [3.8, 4) is 0 Å². The number of hydrogen-bond acceptors (Lipinski definition) is 4. The minimum Gasteiger partial charge on any atom is -0.379 e. The first-order valence-corrected chi connectivity index (χ1v) is 7.58. The van der Waals surface area contributed by atoms with E-state index in [1.54, 1.807) is 0 Å². The number of benzene rings is 1. The number of carbonyl (C=O) groups is 1. The van der Waals surface area contributed by atoms with Crippen LogP contribution in [0.2, 0.25) is 0 Å². The Morgan fingerprint density at radius 2 is 2.14 bits per heavy atom. The number of nitrogens with one attached hydrogen (secondary N) is 1. The van der Waals surface area contributed by atoms with Crippen LogP contribution in [0.4, 0.5) is 5.69 Å². The monoisotopic (exact) mass is 291 g/mol. The standard InChI is InChI=1S/C16H25N3O2/c1-13-4-5-14(12-19-7-9-21-10-8-19)11-15(13)18-16(20)3-2-6-17/h4-5,11H,2-3,6-10,12,17H2,1H3,(H,18,20). The normalized spacial score (nSPS) is 15.9. The average Bonchev–Trinajstić information content (AvgIpc) is 2.49. The van der Waals surface area contributed by atoms with Crippen LogP contribution in [0.3, 0.4) is 0 Å². The lowest BCUT2D eigenvalue weighted by Crippen LogP contribution is -2.35. The van der Waals surface area contributed by atoms with E-state index in [0.717, 1.165) is 50.5 Å². The summed E-state index contributed by atoms with van der Waals surface area (Å²) in [5, 5.41) is 2.98. The van der Waals surface area contributed by atoms with E-state index in [4.69, 9.17) is 10.5 Å². The van der Waals surface area contributed by atoms with Crippen molar-refractivity contribution in [3.05, 3.63) is 29.3 Å². The molecule has 1 aliphatic heterocycles. The SMILES string of the molecule is Cc1ccc(CN2CCOCC2)cc1NC(=O)CCCN. The summed E-state index contributed by atoms with van der Waals surface area (Å²) in [6.45, 7) is 6.98. The summed E-state index contributed by atoms with van der Waals surface area (Å²) in [6, 6.07) is 6.26. The second kappa shape index (κ2) is 8.12. The molecule has 0 aliphatic carbocycles. The van der Waals surface area contributed by atoms with Gasteiger partial charge in [0, 0.05) is 31.7 Å². The van der Waals surface area contributed by atoms with Crippen LogP contribution in [0.5, 0.6) is 0 Å². The highest BCUT2D eigenvalue weighted by atomic mass is 16.5. The number of ether oxygens (including phenoxy) is 1. The maximum absolute atomic E-state index is 11.8. The molecule has 21 heavy (non-hydrogen) atoms. The Morgan fingerprint density at radius 3 is 2.86 bits per heavy atom. The third-order valence-corrected chi connectivity index (χ3v) is 3.69. The van der Waals surface area contributed by atoms with Gasteiger partial charge in [0.1, 0.15) is 0 Å². The molecule has 1 fully saturated rings. The van der Waals surface area contributed by atoms with E-state index >= 15 is 0 Å². The van der Waals surface area contributed by atoms with Crippen molar-refractivity contribution in [3.63, 3.8) is 0 Å². The second-order valence-electron chi connectivity index (χ2n) is 5.48. The molecule has 0 aromatic heterocycles. The van der Waals surface area contributed by atoms with Crippen molar-refractivity contribution in [2.24, 2.45) is 5.73 Å². The number of anilines is 1. The lowest BCUT2D eigenvalue weighted by molar-refractivity contribution is -0.116. The first kappa shape index (κ1) is 15.9. The molecule has 3 N–H and O–H groups in total. The molecule has 0 unspecified atom stereocenters. The number of aryl methyl sites for hydroxylation is 1. The van der Waals surface area contributed by atoms with Gasteiger partial charge in [-0.05, 0) is 37.1 Å². The van der Waals surface area contributed by atoms with E-state index in [0.29, 0.717) is 13.0 Å². The largest absolute Gasteiger partial charge is 0.379 e. The van der Waals surface area contributed by atoms with E-state index in [1.807, 2.05) is 6.92 Å². The van der Waals surface area contributed by atoms with Crippen LogP contribution in [-0.2, 0) is 16.1 Å². The highest BCUT2D eigenvalue weighted by Crippen LogP contribution is 2.19. The molecule has 1 aliphatic rings. The number of hydrogen-bond donors (Lipinski definition) is 2. The van der Waals surface area contributed by atoms with Gasteiger partial charge < -0.3 is 15.8 Å². The van der Waals surface area contributed by atoms with Gasteiger partial charge >= 0.3 is 0 Å². The quantitative estimate of drug-likeness (QED) is 0.833. The van der Waals surface area contributed by atoms with Crippen LogP contribution in [-0.4, -0.2) is 43.7 Å². The third kappa shape index (κ3) is 5.12. The minimum absolute atomic E-state index is 0.0343. The molecule has 0 spiro atoms. The summed E-state index contributed by atoms with van der Waals surface area (Å²) >= 11 is 0. The maximum atomic E-state index is 11.8. The highest BCUT2D eigenvalue weighted by molar-refractivity contribution is 5.91. The predicted octanol–water partition coefficient (Wildman–Crippen LogP) is 1.50. The van der Waals surface area contributed by atoms with Crippen LogP contribution in [0.15, 0.2) is 18.2 Å². The molecule has 5 nitrogen and oxygen atoms in total. The van der Waals surface area contributed by atoms with E-state index < -0.39 is 0 Å². The number of amides is 1. The molecule has 1 heterocycles. The molecule has 0 radical (unpaired) electrons. The zero-order valence-electron chi connectivity index (χ0n) is 12.7. The van der Waals surface area contributed by atoms with Crippen molar-refractivity contribution >= 4 is 11.6 Å². The Morgan fingerprint density at radius 1 is 1.38 bits per heavy atom. The Labute approximate surface area is 126 Å². The molecule has 1 aromatic rings. The van der Waals surface area contributed by atoms with E-state index in [2.05, 4.69) is 28.4 Å². The topological polar surface area (TPSA) is 67.6 Å². The van der Waals surface area contributed by atoms with Crippen molar-refractivity contribution in [1.29, 1.82) is 0 Å². The molecule has 0 atom stereocenters. The van der Waals surface area contributed by atoms with Gasteiger partial charge in [-0.2, -0.15) is 0 Å². The summed E-state index contributed by atoms with van der Waals surface area (Å²) in [7, 11) is 0. The number of nitrogens with two attached hydrogens (primary N) is 1. The van der Waals surface area contributed by atoms with Gasteiger partial charge in [-0.25, -0.2) is 0 Å². The molecule has 1 saturated heterocycles. The number of carbonyl (C=O) groups excluding carboxylic acids is 1. The van der Waals surface area contributed by atoms with Crippen molar-refractivity contribution < 1.29 is 9.53 Å². The Hall–Kier alpha value is -1.43. The zero-order valence-corrected chi connectivity index (χ0v) is 12.7. The molecule has 1 aromatic carbocycles. The summed E-state index contributed by atoms with van der Waals surface area (Å²) in [5.74, 6) is 0.0343. The Kier molecular flexibility index (Phi) is 6.17. The molecule has 1 amide bonds. The van der Waals surface area contributed by atoms with E-state index in [1.165, 1.54) is 5.56 Å². The highest BCUT2D eigenvalue weighted by Gasteiger charge is 2.12. The Bertz CT molecular complexity index is 471. The van der Waals surface area contributed by atoms with Crippen molar-refractivity contribution in [2.75, 3.05) is 38.2 Å². The van der Waals surface area contributed by atoms with Crippen molar-refractivity contribution in [2.45, 2.75) is 26.3 Å². The molecule has 5 heteroatoms. The van der Waals surface area contributed by atoms with Gasteiger partial charge in [-0.1, -0.05) is 12.1 Å². The lowest BCUT2D eigenvalue weighted by atomic mass is 10.1. The van der Waals surface area contributed by atoms with Gasteiger partial charge in [-0.15, -0.1) is 0 Å². The second-order valence-corrected chi connectivity index (χ2v) is 5.48. The van der Waals surface area contributed by atoms with Gasteiger partial charge in [0.2, 0.25) is 5.91 Å². The minimum atomic E-state index is 0.0343. The van der Waals surface area contributed by atoms with E-state index in [-0.39, 0.29) is 5.91 Å². The number of morpholine rings is 1. The van der Waals surface area contributed by atoms with Crippen molar-refractivity contribution in [1.82, 2.24) is 4.90 Å². The maximum Gasteiger partial charge on any atom is 0.224 e. The Balaban J connectivity index is 1.97. The van der Waals surface area contributed by atoms with Crippen LogP contribution in [0.1, 0.15) is 24.0 Å². The third-order valence-electron chi connectivity index (χ3n) is 3.69.